The SMILES string of the molecule is COc1ccc(-c2cc(Nc3nc(N[C@@H](CN)CC(C)C)c(F)cc3C(N)=O)ccn2)c(F)c1. The molecule has 0 aliphatic rings. The Bertz CT molecular complexity index is 1170. The van der Waals surface area contributed by atoms with Crippen molar-refractivity contribution in [2.75, 3.05) is 24.3 Å². The van der Waals surface area contributed by atoms with E-state index in [2.05, 4.69) is 20.6 Å². The first-order valence-electron chi connectivity index (χ1n) is 10.8. The Morgan fingerprint density at radius 1 is 1.12 bits per heavy atom. The van der Waals surface area contributed by atoms with Gasteiger partial charge in [0.15, 0.2) is 11.6 Å². The summed E-state index contributed by atoms with van der Waals surface area (Å²) >= 11 is 0. The molecule has 34 heavy (non-hydrogen) atoms. The van der Waals surface area contributed by atoms with Crippen LogP contribution in [0.3, 0.4) is 0 Å². The lowest BCUT2D eigenvalue weighted by molar-refractivity contribution is 0.100. The number of hydrogen-bond acceptors (Lipinski definition) is 7. The molecule has 0 aliphatic carbocycles. The number of rotatable bonds is 10. The molecule has 0 fully saturated rings. The molecule has 180 valence electrons. The molecule has 8 nitrogen and oxygen atoms in total. The summed E-state index contributed by atoms with van der Waals surface area (Å²) in [6, 6.07) is 8.43. The first-order chi connectivity index (χ1) is 16.2. The van der Waals surface area contributed by atoms with E-state index in [1.54, 1.807) is 24.3 Å². The molecule has 3 rings (SSSR count). The Balaban J connectivity index is 1.95. The van der Waals surface area contributed by atoms with Crippen molar-refractivity contribution in [3.05, 3.63) is 59.8 Å². The van der Waals surface area contributed by atoms with Crippen molar-refractivity contribution >= 4 is 23.2 Å². The number of nitrogens with one attached hydrogen (secondary N) is 2. The third-order valence-corrected chi connectivity index (χ3v) is 5.10. The molecule has 0 saturated heterocycles. The number of ether oxygens (including phenoxy) is 1. The van der Waals surface area contributed by atoms with Crippen LogP contribution in [0, 0.1) is 17.6 Å². The van der Waals surface area contributed by atoms with Gasteiger partial charge in [0.2, 0.25) is 0 Å². The van der Waals surface area contributed by atoms with E-state index in [1.165, 1.54) is 19.4 Å². The van der Waals surface area contributed by atoms with Crippen molar-refractivity contribution in [2.45, 2.75) is 26.3 Å². The Morgan fingerprint density at radius 3 is 2.50 bits per heavy atom. The van der Waals surface area contributed by atoms with Crippen molar-refractivity contribution < 1.29 is 18.3 Å². The standard InChI is InChI=1S/C24H28F2N6O2/c1-13(2)8-15(12-27)31-24-20(26)11-18(22(28)33)23(32-24)30-14-6-7-29-21(9-14)17-5-4-16(34-3)10-19(17)25/h4-7,9-11,13,15H,8,12,27H2,1-3H3,(H2,28,33)(H2,29,30,31,32)/t15-/m1/s1. The van der Waals surface area contributed by atoms with Crippen LogP contribution in [-0.4, -0.2) is 35.6 Å². The molecule has 1 aromatic carbocycles. The minimum absolute atomic E-state index is 0.0454. The maximum absolute atomic E-state index is 14.7. The molecule has 2 heterocycles. The summed E-state index contributed by atoms with van der Waals surface area (Å²) in [5, 5.41) is 5.97. The van der Waals surface area contributed by atoms with E-state index in [0.29, 0.717) is 29.5 Å². The van der Waals surface area contributed by atoms with Crippen LogP contribution >= 0.6 is 0 Å². The number of carbonyl (C=O) groups is 1. The predicted octanol–water partition coefficient (Wildman–Crippen LogP) is 4.06. The van der Waals surface area contributed by atoms with Gasteiger partial charge in [-0.2, -0.15) is 0 Å². The van der Waals surface area contributed by atoms with Gasteiger partial charge in [0.25, 0.3) is 5.91 Å². The van der Waals surface area contributed by atoms with Crippen molar-refractivity contribution in [1.82, 2.24) is 9.97 Å². The second-order valence-corrected chi connectivity index (χ2v) is 8.19. The summed E-state index contributed by atoms with van der Waals surface area (Å²) in [5.74, 6) is -1.38. The average Bonchev–Trinajstić information content (AvgIpc) is 2.80. The van der Waals surface area contributed by atoms with Crippen LogP contribution in [0.5, 0.6) is 5.75 Å². The van der Waals surface area contributed by atoms with Gasteiger partial charge in [-0.3, -0.25) is 9.78 Å². The van der Waals surface area contributed by atoms with Crippen molar-refractivity contribution in [1.29, 1.82) is 0 Å². The van der Waals surface area contributed by atoms with E-state index < -0.39 is 17.5 Å². The number of halogens is 2. The summed E-state index contributed by atoms with van der Waals surface area (Å²) in [6.07, 6.45) is 2.18. The number of carbonyl (C=O) groups excluding carboxylic acids is 1. The Labute approximate surface area is 196 Å². The maximum Gasteiger partial charge on any atom is 0.252 e. The molecule has 0 unspecified atom stereocenters. The predicted molar refractivity (Wildman–Crippen MR) is 128 cm³/mol. The van der Waals surface area contributed by atoms with Gasteiger partial charge in [-0.15, -0.1) is 0 Å². The van der Waals surface area contributed by atoms with Crippen LogP contribution in [0.2, 0.25) is 0 Å². The van der Waals surface area contributed by atoms with Crippen molar-refractivity contribution in [2.24, 2.45) is 17.4 Å². The first kappa shape index (κ1) is 24.8. The molecule has 6 N–H and O–H groups in total. The number of hydrogen-bond donors (Lipinski definition) is 4. The van der Waals surface area contributed by atoms with Crippen LogP contribution < -0.4 is 26.8 Å². The van der Waals surface area contributed by atoms with E-state index >= 15 is 0 Å². The van der Waals surface area contributed by atoms with Crippen molar-refractivity contribution in [3.63, 3.8) is 0 Å². The fourth-order valence-corrected chi connectivity index (χ4v) is 3.47. The van der Waals surface area contributed by atoms with Crippen LogP contribution in [0.25, 0.3) is 11.3 Å². The number of nitrogens with zero attached hydrogens (tertiary/aromatic N) is 2. The lowest BCUT2D eigenvalue weighted by Crippen LogP contribution is -2.31. The minimum Gasteiger partial charge on any atom is -0.497 e. The highest BCUT2D eigenvalue weighted by molar-refractivity contribution is 5.98. The fourth-order valence-electron chi connectivity index (χ4n) is 3.47. The molecule has 0 aliphatic heterocycles. The van der Waals surface area contributed by atoms with Crippen LogP contribution in [0.15, 0.2) is 42.6 Å². The third-order valence-electron chi connectivity index (χ3n) is 5.10. The quantitative estimate of drug-likeness (QED) is 0.352. The molecule has 0 bridgehead atoms. The number of anilines is 3. The number of nitrogens with two attached hydrogens (primary N) is 2. The van der Waals surface area contributed by atoms with E-state index in [0.717, 1.165) is 6.07 Å². The maximum atomic E-state index is 14.7. The Hall–Kier alpha value is -3.79. The lowest BCUT2D eigenvalue weighted by atomic mass is 10.0. The van der Waals surface area contributed by atoms with E-state index in [-0.39, 0.29) is 35.3 Å². The van der Waals surface area contributed by atoms with Crippen molar-refractivity contribution in [3.8, 4) is 17.0 Å². The topological polar surface area (TPSA) is 128 Å². The van der Waals surface area contributed by atoms with Gasteiger partial charge >= 0.3 is 0 Å². The number of amides is 1. The van der Waals surface area contributed by atoms with Crippen LogP contribution in [0.1, 0.15) is 30.6 Å². The Morgan fingerprint density at radius 2 is 1.88 bits per heavy atom. The third kappa shape index (κ3) is 5.96. The van der Waals surface area contributed by atoms with E-state index in [4.69, 9.17) is 16.2 Å². The first-order valence-corrected chi connectivity index (χ1v) is 10.8. The zero-order valence-electron chi connectivity index (χ0n) is 19.2. The van der Waals surface area contributed by atoms with Gasteiger partial charge in [-0.1, -0.05) is 13.8 Å². The van der Waals surface area contributed by atoms with Gasteiger partial charge in [0.05, 0.1) is 18.4 Å². The Kier molecular flexibility index (Phi) is 7.95. The molecule has 2 aromatic heterocycles. The second kappa shape index (κ2) is 10.9. The summed E-state index contributed by atoms with van der Waals surface area (Å²) in [5.41, 5.74) is 12.2. The number of methoxy groups -OCH3 is 1. The zero-order valence-corrected chi connectivity index (χ0v) is 19.2. The monoisotopic (exact) mass is 470 g/mol. The number of benzene rings is 1. The molecule has 0 saturated carbocycles. The fraction of sp³-hybridized carbons (Fsp3) is 0.292. The van der Waals surface area contributed by atoms with Crippen LogP contribution in [0.4, 0.5) is 26.1 Å². The minimum atomic E-state index is -0.853. The largest absolute Gasteiger partial charge is 0.497 e. The van der Waals surface area contributed by atoms with Gasteiger partial charge in [-0.05, 0) is 42.7 Å². The summed E-state index contributed by atoms with van der Waals surface area (Å²) < 4.78 is 34.2. The molecule has 1 atom stereocenters. The molecule has 1 amide bonds. The normalized spacial score (nSPS) is 11.9. The molecule has 10 heteroatoms. The second-order valence-electron chi connectivity index (χ2n) is 8.19. The highest BCUT2D eigenvalue weighted by Gasteiger charge is 2.19. The smallest absolute Gasteiger partial charge is 0.252 e. The highest BCUT2D eigenvalue weighted by atomic mass is 19.1. The number of aromatic nitrogens is 2. The van der Waals surface area contributed by atoms with Gasteiger partial charge < -0.3 is 26.8 Å². The van der Waals surface area contributed by atoms with Gasteiger partial charge in [-0.25, -0.2) is 13.8 Å². The molecule has 3 aromatic rings. The van der Waals surface area contributed by atoms with E-state index in [1.807, 2.05) is 13.8 Å². The molecular formula is C24H28F2N6O2. The molecule has 0 radical (unpaired) electrons. The average molecular weight is 471 g/mol. The van der Waals surface area contributed by atoms with E-state index in [9.17, 15) is 13.6 Å². The molecular weight excluding hydrogens is 442 g/mol. The zero-order chi connectivity index (χ0) is 24.8. The van der Waals surface area contributed by atoms with Crippen LogP contribution in [-0.2, 0) is 0 Å². The summed E-state index contributed by atoms with van der Waals surface area (Å²) in [4.78, 5) is 20.4. The number of pyridine rings is 2. The van der Waals surface area contributed by atoms with Gasteiger partial charge in [0.1, 0.15) is 17.4 Å². The lowest BCUT2D eigenvalue weighted by Gasteiger charge is -2.21. The highest BCUT2D eigenvalue weighted by Crippen LogP contribution is 2.29. The number of primary amides is 1. The summed E-state index contributed by atoms with van der Waals surface area (Å²) in [7, 11) is 1.45. The summed E-state index contributed by atoms with van der Waals surface area (Å²) in [6.45, 7) is 4.34. The van der Waals surface area contributed by atoms with Gasteiger partial charge in [0, 0.05) is 36.1 Å². The molecule has 0 spiro atoms.